The summed E-state index contributed by atoms with van der Waals surface area (Å²) in [5, 5.41) is 0. The first-order chi connectivity index (χ1) is 9.50. The molecule has 100 valence electrons. The van der Waals surface area contributed by atoms with Crippen molar-refractivity contribution in [3.8, 4) is 0 Å². The summed E-state index contributed by atoms with van der Waals surface area (Å²) in [6.45, 7) is 5.60. The van der Waals surface area contributed by atoms with Gasteiger partial charge in [0.05, 0.1) is 22.5 Å². The maximum atomic E-state index is 12.5. The van der Waals surface area contributed by atoms with E-state index in [9.17, 15) is 9.59 Å². The molecule has 2 amide bonds. The molecule has 1 aliphatic heterocycles. The van der Waals surface area contributed by atoms with Gasteiger partial charge in [-0.25, -0.2) is 4.90 Å². The summed E-state index contributed by atoms with van der Waals surface area (Å²) >= 11 is 0. The number of pyridine rings is 1. The van der Waals surface area contributed by atoms with E-state index in [2.05, 4.69) is 4.98 Å². The minimum Gasteiger partial charge on any atom is -0.268 e. The second kappa shape index (κ2) is 4.27. The first-order valence-electron chi connectivity index (χ1n) is 6.43. The van der Waals surface area contributed by atoms with Crippen LogP contribution < -0.4 is 4.90 Å². The van der Waals surface area contributed by atoms with Gasteiger partial charge in [-0.05, 0) is 44.5 Å². The molecule has 1 aliphatic rings. The summed E-state index contributed by atoms with van der Waals surface area (Å²) in [4.78, 5) is 30.6. The standard InChI is InChI=1S/C16H14N2O2/c1-9-8-10(2)17-11(3)14(9)18-15(19)12-6-4-5-7-13(12)16(18)20/h4-8H,1-3H3. The third kappa shape index (κ3) is 1.65. The second-order valence-corrected chi connectivity index (χ2v) is 5.01. The molecule has 0 aliphatic carbocycles. The van der Waals surface area contributed by atoms with E-state index in [0.29, 0.717) is 22.5 Å². The number of anilines is 1. The number of hydrogen-bond donors (Lipinski definition) is 0. The zero-order valence-electron chi connectivity index (χ0n) is 11.6. The Hall–Kier alpha value is -2.49. The predicted octanol–water partition coefficient (Wildman–Crippen LogP) is 2.81. The van der Waals surface area contributed by atoms with Crippen LogP contribution in [0.1, 0.15) is 37.7 Å². The molecular formula is C16H14N2O2. The van der Waals surface area contributed by atoms with Crippen molar-refractivity contribution < 1.29 is 9.59 Å². The van der Waals surface area contributed by atoms with Gasteiger partial charge in [0.2, 0.25) is 0 Å². The van der Waals surface area contributed by atoms with Crippen LogP contribution in [0.2, 0.25) is 0 Å². The Morgan fingerprint density at radius 1 is 0.950 bits per heavy atom. The Labute approximate surface area is 117 Å². The van der Waals surface area contributed by atoms with Gasteiger partial charge < -0.3 is 0 Å². The summed E-state index contributed by atoms with van der Waals surface area (Å²) in [5.41, 5.74) is 3.96. The molecule has 20 heavy (non-hydrogen) atoms. The Morgan fingerprint density at radius 3 is 2.00 bits per heavy atom. The highest BCUT2D eigenvalue weighted by molar-refractivity contribution is 6.34. The minimum atomic E-state index is -0.276. The molecule has 4 heteroatoms. The van der Waals surface area contributed by atoms with Gasteiger partial charge in [-0.2, -0.15) is 0 Å². The maximum Gasteiger partial charge on any atom is 0.266 e. The van der Waals surface area contributed by atoms with Crippen molar-refractivity contribution in [2.24, 2.45) is 0 Å². The van der Waals surface area contributed by atoms with Crippen LogP contribution in [-0.2, 0) is 0 Å². The van der Waals surface area contributed by atoms with E-state index in [1.54, 1.807) is 24.3 Å². The second-order valence-electron chi connectivity index (χ2n) is 5.01. The largest absolute Gasteiger partial charge is 0.268 e. The van der Waals surface area contributed by atoms with Crippen LogP contribution in [0.4, 0.5) is 5.69 Å². The van der Waals surface area contributed by atoms with Crippen LogP contribution in [0.15, 0.2) is 30.3 Å². The van der Waals surface area contributed by atoms with Crippen molar-refractivity contribution in [2.75, 3.05) is 4.90 Å². The fraction of sp³-hybridized carbons (Fsp3) is 0.188. The monoisotopic (exact) mass is 266 g/mol. The first-order valence-corrected chi connectivity index (χ1v) is 6.43. The number of fused-ring (bicyclic) bond motifs is 1. The van der Waals surface area contributed by atoms with E-state index < -0.39 is 0 Å². The lowest BCUT2D eigenvalue weighted by Crippen LogP contribution is -2.31. The number of aromatic nitrogens is 1. The number of carbonyl (C=O) groups excluding carboxylic acids is 2. The van der Waals surface area contributed by atoms with E-state index in [1.807, 2.05) is 26.8 Å². The van der Waals surface area contributed by atoms with Crippen molar-refractivity contribution in [1.82, 2.24) is 4.98 Å². The first kappa shape index (κ1) is 12.5. The lowest BCUT2D eigenvalue weighted by Gasteiger charge is -2.19. The molecule has 0 radical (unpaired) electrons. The van der Waals surface area contributed by atoms with Gasteiger partial charge in [0.1, 0.15) is 0 Å². The van der Waals surface area contributed by atoms with Gasteiger partial charge in [0, 0.05) is 5.69 Å². The number of nitrogens with zero attached hydrogens (tertiary/aromatic N) is 2. The number of aryl methyl sites for hydroxylation is 3. The molecule has 3 rings (SSSR count). The highest BCUT2D eigenvalue weighted by atomic mass is 16.2. The van der Waals surface area contributed by atoms with Crippen molar-refractivity contribution in [3.05, 3.63) is 58.4 Å². The molecule has 1 aromatic carbocycles. The molecule has 0 N–H and O–H groups in total. The van der Waals surface area contributed by atoms with Gasteiger partial charge in [-0.3, -0.25) is 14.6 Å². The van der Waals surface area contributed by atoms with Crippen LogP contribution in [0.5, 0.6) is 0 Å². The summed E-state index contributed by atoms with van der Waals surface area (Å²) in [5.74, 6) is -0.551. The van der Waals surface area contributed by atoms with Gasteiger partial charge >= 0.3 is 0 Å². The minimum absolute atomic E-state index is 0.276. The third-order valence-corrected chi connectivity index (χ3v) is 3.50. The Morgan fingerprint density at radius 2 is 1.50 bits per heavy atom. The zero-order chi connectivity index (χ0) is 14.4. The summed E-state index contributed by atoms with van der Waals surface area (Å²) in [6, 6.07) is 8.77. The highest BCUT2D eigenvalue weighted by Crippen LogP contribution is 2.32. The van der Waals surface area contributed by atoms with E-state index in [4.69, 9.17) is 0 Å². The van der Waals surface area contributed by atoms with E-state index in [1.165, 1.54) is 4.90 Å². The Kier molecular flexibility index (Phi) is 2.67. The average molecular weight is 266 g/mol. The molecule has 0 fully saturated rings. The fourth-order valence-corrected chi connectivity index (χ4v) is 2.75. The normalized spacial score (nSPS) is 13.8. The molecule has 0 saturated carbocycles. The van der Waals surface area contributed by atoms with Gasteiger partial charge in [0.25, 0.3) is 11.8 Å². The molecular weight excluding hydrogens is 252 g/mol. The lowest BCUT2D eigenvalue weighted by molar-refractivity contribution is 0.0925. The van der Waals surface area contributed by atoms with Gasteiger partial charge in [-0.15, -0.1) is 0 Å². The summed E-state index contributed by atoms with van der Waals surface area (Å²) in [7, 11) is 0. The van der Waals surface area contributed by atoms with Crippen LogP contribution in [-0.4, -0.2) is 16.8 Å². The topological polar surface area (TPSA) is 50.3 Å². The lowest BCUT2D eigenvalue weighted by atomic mass is 10.1. The van der Waals surface area contributed by atoms with Crippen molar-refractivity contribution >= 4 is 17.5 Å². The van der Waals surface area contributed by atoms with Crippen LogP contribution in [0.25, 0.3) is 0 Å². The van der Waals surface area contributed by atoms with Crippen molar-refractivity contribution in [2.45, 2.75) is 20.8 Å². The predicted molar refractivity (Wildman–Crippen MR) is 76.0 cm³/mol. The molecule has 4 nitrogen and oxygen atoms in total. The van der Waals surface area contributed by atoms with E-state index in [0.717, 1.165) is 11.3 Å². The molecule has 0 saturated heterocycles. The Bertz CT molecular complexity index is 692. The number of rotatable bonds is 1. The summed E-state index contributed by atoms with van der Waals surface area (Å²) < 4.78 is 0. The Balaban J connectivity index is 2.19. The maximum absolute atomic E-state index is 12.5. The molecule has 2 heterocycles. The number of carbonyl (C=O) groups is 2. The molecule has 2 aromatic rings. The molecule has 0 unspecified atom stereocenters. The van der Waals surface area contributed by atoms with Gasteiger partial charge in [-0.1, -0.05) is 12.1 Å². The molecule has 0 atom stereocenters. The smallest absolute Gasteiger partial charge is 0.266 e. The van der Waals surface area contributed by atoms with E-state index >= 15 is 0 Å². The fourth-order valence-electron chi connectivity index (χ4n) is 2.75. The zero-order valence-corrected chi connectivity index (χ0v) is 11.6. The van der Waals surface area contributed by atoms with Crippen LogP contribution >= 0.6 is 0 Å². The van der Waals surface area contributed by atoms with Crippen molar-refractivity contribution in [3.63, 3.8) is 0 Å². The van der Waals surface area contributed by atoms with Crippen LogP contribution in [0.3, 0.4) is 0 Å². The SMILES string of the molecule is Cc1cc(C)c(N2C(=O)c3ccccc3C2=O)c(C)n1. The molecule has 1 aromatic heterocycles. The van der Waals surface area contributed by atoms with Gasteiger partial charge in [0.15, 0.2) is 0 Å². The van der Waals surface area contributed by atoms with Crippen LogP contribution in [0, 0.1) is 20.8 Å². The molecule has 0 bridgehead atoms. The van der Waals surface area contributed by atoms with Crippen molar-refractivity contribution in [1.29, 1.82) is 0 Å². The third-order valence-electron chi connectivity index (χ3n) is 3.50. The number of imide groups is 1. The summed E-state index contributed by atoms with van der Waals surface area (Å²) in [6.07, 6.45) is 0. The molecule has 0 spiro atoms. The average Bonchev–Trinajstić information content (AvgIpc) is 2.64. The van der Waals surface area contributed by atoms with E-state index in [-0.39, 0.29) is 11.8 Å². The quantitative estimate of drug-likeness (QED) is 0.746. The number of benzene rings is 1. The number of amides is 2. The highest BCUT2D eigenvalue weighted by Gasteiger charge is 2.37. The number of hydrogen-bond acceptors (Lipinski definition) is 3.